The predicted octanol–water partition coefficient (Wildman–Crippen LogP) is 4.20. The fourth-order valence-electron chi connectivity index (χ4n) is 4.64. The Morgan fingerprint density at radius 1 is 0.963 bits per heavy atom. The molecule has 3 heterocycles. The highest BCUT2D eigenvalue weighted by Gasteiger charge is 2.46. The fourth-order valence-corrected chi connectivity index (χ4v) is 4.64. The number of nitrogens with zero attached hydrogens (tertiary/aromatic N) is 1. The summed E-state index contributed by atoms with van der Waals surface area (Å²) < 4.78 is 6.05. The lowest BCUT2D eigenvalue weighted by Crippen LogP contribution is -2.59. The van der Waals surface area contributed by atoms with Gasteiger partial charge < -0.3 is 4.74 Å². The van der Waals surface area contributed by atoms with Gasteiger partial charge in [0.15, 0.2) is 0 Å². The van der Waals surface area contributed by atoms with Crippen LogP contribution >= 0.6 is 0 Å². The molecule has 3 aliphatic rings. The molecule has 2 bridgehead atoms. The van der Waals surface area contributed by atoms with Crippen molar-refractivity contribution in [2.45, 2.75) is 31.3 Å². The zero-order chi connectivity index (χ0) is 18.5. The molecule has 0 spiro atoms. The summed E-state index contributed by atoms with van der Waals surface area (Å²) in [6.07, 6.45) is 4.39. The summed E-state index contributed by atoms with van der Waals surface area (Å²) in [5, 5.41) is 0. The van der Waals surface area contributed by atoms with Crippen molar-refractivity contribution >= 4 is 0 Å². The molecule has 0 radical (unpaired) electrons. The average molecular weight is 360 g/mol. The third kappa shape index (κ3) is 4.26. The van der Waals surface area contributed by atoms with Crippen LogP contribution in [0.5, 0.6) is 0 Å². The van der Waals surface area contributed by atoms with E-state index in [2.05, 4.69) is 77.4 Å². The molecule has 2 aromatic rings. The smallest absolute Gasteiger partial charge is 0.143 e. The second-order valence-electron chi connectivity index (χ2n) is 7.99. The van der Waals surface area contributed by atoms with Gasteiger partial charge in [0.25, 0.3) is 0 Å². The van der Waals surface area contributed by atoms with Crippen molar-refractivity contribution in [3.8, 4) is 11.8 Å². The summed E-state index contributed by atoms with van der Waals surface area (Å²) >= 11 is 0. The van der Waals surface area contributed by atoms with E-state index in [0.29, 0.717) is 11.8 Å². The van der Waals surface area contributed by atoms with Crippen LogP contribution in [0.3, 0.4) is 0 Å². The van der Waals surface area contributed by atoms with E-state index in [0.717, 1.165) is 19.4 Å². The number of piperidine rings is 3. The van der Waals surface area contributed by atoms with E-state index in [1.54, 1.807) is 0 Å². The van der Waals surface area contributed by atoms with Gasteiger partial charge in [0.2, 0.25) is 0 Å². The summed E-state index contributed by atoms with van der Waals surface area (Å²) in [6, 6.07) is 21.5. The summed E-state index contributed by atoms with van der Waals surface area (Å²) in [4.78, 5) is 2.52. The minimum Gasteiger partial charge on any atom is -0.364 e. The van der Waals surface area contributed by atoms with Gasteiger partial charge in [-0.3, -0.25) is 4.90 Å². The van der Waals surface area contributed by atoms with Crippen LogP contribution in [0.1, 0.15) is 24.0 Å². The van der Waals surface area contributed by atoms with Crippen LogP contribution in [0.2, 0.25) is 0 Å². The minimum absolute atomic E-state index is 0.276. The minimum atomic E-state index is -0.276. The van der Waals surface area contributed by atoms with Crippen LogP contribution in [0, 0.1) is 23.7 Å². The Balaban J connectivity index is 1.58. The van der Waals surface area contributed by atoms with Crippen molar-refractivity contribution in [2.24, 2.45) is 11.8 Å². The van der Waals surface area contributed by atoms with Crippen LogP contribution in [-0.4, -0.2) is 37.2 Å². The lowest BCUT2D eigenvalue weighted by molar-refractivity contribution is -0.0962. The van der Waals surface area contributed by atoms with Gasteiger partial charge >= 0.3 is 0 Å². The zero-order valence-electron chi connectivity index (χ0n) is 16.2. The molecule has 27 heavy (non-hydrogen) atoms. The largest absolute Gasteiger partial charge is 0.364 e. The molecule has 140 valence electrons. The highest BCUT2D eigenvalue weighted by molar-refractivity contribution is 5.27. The Bertz CT molecular complexity index is 742. The number of hydrogen-bond donors (Lipinski definition) is 0. The number of methoxy groups -OCH3 is 1. The predicted molar refractivity (Wildman–Crippen MR) is 110 cm³/mol. The van der Waals surface area contributed by atoms with Crippen molar-refractivity contribution in [1.29, 1.82) is 0 Å². The average Bonchev–Trinajstić information content (AvgIpc) is 2.74. The zero-order valence-corrected chi connectivity index (χ0v) is 16.2. The standard InChI is InChI=1S/C25H29NO/c1-27-25(20-26-16-13-24(25)14-17-26)15-12-23(18-21-8-4-2-5-9-21)19-22-10-6-3-7-11-22/h2-11,23-24H,13-14,16-20H2,1H3. The van der Waals surface area contributed by atoms with Crippen LogP contribution in [0.15, 0.2) is 60.7 Å². The fraction of sp³-hybridized carbons (Fsp3) is 0.440. The van der Waals surface area contributed by atoms with E-state index in [4.69, 9.17) is 4.74 Å². The van der Waals surface area contributed by atoms with Crippen LogP contribution < -0.4 is 0 Å². The molecule has 0 aliphatic carbocycles. The molecule has 0 amide bonds. The normalized spacial score (nSPS) is 26.6. The highest BCUT2D eigenvalue weighted by Crippen LogP contribution is 2.37. The third-order valence-electron chi connectivity index (χ3n) is 6.21. The topological polar surface area (TPSA) is 12.5 Å². The highest BCUT2D eigenvalue weighted by atomic mass is 16.5. The molecule has 2 nitrogen and oxygen atoms in total. The molecule has 1 atom stereocenters. The SMILES string of the molecule is COC1(C#CC(Cc2ccccc2)Cc2ccccc2)CN2CCC1CC2. The van der Waals surface area contributed by atoms with Gasteiger partial charge in [-0.05, 0) is 49.9 Å². The van der Waals surface area contributed by atoms with Gasteiger partial charge in [0, 0.05) is 25.5 Å². The quantitative estimate of drug-likeness (QED) is 0.742. The maximum atomic E-state index is 6.05. The second kappa shape index (κ2) is 8.30. The van der Waals surface area contributed by atoms with E-state index in [9.17, 15) is 0 Å². The van der Waals surface area contributed by atoms with E-state index in [-0.39, 0.29) is 5.60 Å². The molecule has 5 rings (SSSR count). The molecular formula is C25H29NO. The number of rotatable bonds is 5. The molecule has 1 unspecified atom stereocenters. The monoisotopic (exact) mass is 359 g/mol. The molecule has 3 fully saturated rings. The van der Waals surface area contributed by atoms with Crippen LogP contribution in [0.4, 0.5) is 0 Å². The maximum Gasteiger partial charge on any atom is 0.143 e. The second-order valence-corrected chi connectivity index (χ2v) is 7.99. The van der Waals surface area contributed by atoms with Gasteiger partial charge in [-0.1, -0.05) is 72.5 Å². The van der Waals surface area contributed by atoms with Crippen molar-refractivity contribution in [3.05, 3.63) is 71.8 Å². The summed E-state index contributed by atoms with van der Waals surface area (Å²) in [5.74, 6) is 8.19. The molecule has 0 N–H and O–H groups in total. The van der Waals surface area contributed by atoms with Crippen molar-refractivity contribution < 1.29 is 4.74 Å². The number of ether oxygens (including phenoxy) is 1. The Labute approximate surface area is 163 Å². The van der Waals surface area contributed by atoms with Gasteiger partial charge in [-0.2, -0.15) is 0 Å². The van der Waals surface area contributed by atoms with Crippen LogP contribution in [0.25, 0.3) is 0 Å². The number of hydrogen-bond acceptors (Lipinski definition) is 2. The number of benzene rings is 2. The van der Waals surface area contributed by atoms with E-state index < -0.39 is 0 Å². The van der Waals surface area contributed by atoms with Gasteiger partial charge in [-0.25, -0.2) is 0 Å². The first-order valence-electron chi connectivity index (χ1n) is 10.2. The summed E-state index contributed by atoms with van der Waals surface area (Å²) in [7, 11) is 1.85. The van der Waals surface area contributed by atoms with E-state index in [1.807, 2.05) is 7.11 Å². The Hall–Kier alpha value is -2.08. The first-order chi connectivity index (χ1) is 13.3. The van der Waals surface area contributed by atoms with Gasteiger partial charge in [0.1, 0.15) is 5.60 Å². The van der Waals surface area contributed by atoms with E-state index >= 15 is 0 Å². The van der Waals surface area contributed by atoms with E-state index in [1.165, 1.54) is 37.1 Å². The Morgan fingerprint density at radius 3 is 1.96 bits per heavy atom. The molecule has 0 aromatic heterocycles. The van der Waals surface area contributed by atoms with Crippen LogP contribution in [-0.2, 0) is 17.6 Å². The van der Waals surface area contributed by atoms with Crippen molar-refractivity contribution in [3.63, 3.8) is 0 Å². The molecular weight excluding hydrogens is 330 g/mol. The van der Waals surface area contributed by atoms with Gasteiger partial charge in [0.05, 0.1) is 0 Å². The van der Waals surface area contributed by atoms with Crippen molar-refractivity contribution in [2.75, 3.05) is 26.7 Å². The first kappa shape index (κ1) is 18.3. The van der Waals surface area contributed by atoms with Crippen molar-refractivity contribution in [1.82, 2.24) is 4.90 Å². The van der Waals surface area contributed by atoms with Gasteiger partial charge in [-0.15, -0.1) is 0 Å². The lowest BCUT2D eigenvalue weighted by Gasteiger charge is -2.49. The third-order valence-corrected chi connectivity index (χ3v) is 6.21. The molecule has 2 heteroatoms. The molecule has 3 saturated heterocycles. The Kier molecular flexibility index (Phi) is 5.62. The maximum absolute atomic E-state index is 6.05. The Morgan fingerprint density at radius 2 is 1.52 bits per heavy atom. The summed E-state index contributed by atoms with van der Waals surface area (Å²) in [5.41, 5.74) is 2.43. The molecule has 0 saturated carbocycles. The summed E-state index contributed by atoms with van der Waals surface area (Å²) in [6.45, 7) is 3.37. The lowest BCUT2D eigenvalue weighted by atomic mass is 9.75. The first-order valence-corrected chi connectivity index (χ1v) is 10.2. The molecule has 3 aliphatic heterocycles. The number of fused-ring (bicyclic) bond motifs is 3. The molecule has 2 aromatic carbocycles.